The van der Waals surface area contributed by atoms with E-state index >= 15 is 0 Å². The average Bonchev–Trinajstić information content (AvgIpc) is 3.55. The Morgan fingerprint density at radius 2 is 1.84 bits per heavy atom. The van der Waals surface area contributed by atoms with Gasteiger partial charge in [-0.05, 0) is 91.0 Å². The first-order valence-corrected chi connectivity index (χ1v) is 12.9. The summed E-state index contributed by atoms with van der Waals surface area (Å²) in [5.41, 5.74) is 4.22. The molecule has 2 aromatic rings. The standard InChI is InChI=1S/C26H34N2O2S/c29-26(14-21-9-13-31-19-21)28(18-25-6-3-12-30-25)17-20-7-10-27(11-8-20)24-15-22-4-1-2-5-23(22)16-24/h1-2,4-5,9,13,19-20,24-25H,3,6-8,10-12,14-18H2/t25-/m0/s1. The third-order valence-corrected chi connectivity index (χ3v) is 8.14. The number of rotatable bonds is 7. The van der Waals surface area contributed by atoms with Crippen LogP contribution in [0.2, 0.25) is 0 Å². The number of piperidine rings is 1. The number of nitrogens with zero attached hydrogens (tertiary/aromatic N) is 2. The molecule has 1 aromatic heterocycles. The van der Waals surface area contributed by atoms with Crippen LogP contribution in [0.25, 0.3) is 0 Å². The zero-order valence-corrected chi connectivity index (χ0v) is 19.2. The van der Waals surface area contributed by atoms with Gasteiger partial charge in [0.15, 0.2) is 0 Å². The van der Waals surface area contributed by atoms with Crippen molar-refractivity contribution in [3.05, 3.63) is 57.8 Å². The molecule has 166 valence electrons. The monoisotopic (exact) mass is 438 g/mol. The number of likely N-dealkylation sites (tertiary alicyclic amines) is 1. The van der Waals surface area contributed by atoms with E-state index in [4.69, 9.17) is 4.74 Å². The van der Waals surface area contributed by atoms with Crippen molar-refractivity contribution in [3.8, 4) is 0 Å². The van der Waals surface area contributed by atoms with Crippen molar-refractivity contribution >= 4 is 17.2 Å². The maximum Gasteiger partial charge on any atom is 0.227 e. The summed E-state index contributed by atoms with van der Waals surface area (Å²) in [7, 11) is 0. The van der Waals surface area contributed by atoms with E-state index < -0.39 is 0 Å². The lowest BCUT2D eigenvalue weighted by atomic mass is 9.94. The minimum atomic E-state index is 0.225. The molecule has 1 aliphatic carbocycles. The van der Waals surface area contributed by atoms with E-state index in [0.29, 0.717) is 18.4 Å². The molecule has 4 nitrogen and oxygen atoms in total. The Hall–Kier alpha value is -1.69. The van der Waals surface area contributed by atoms with E-state index in [0.717, 1.165) is 51.2 Å². The normalized spacial score (nSPS) is 22.6. The smallest absolute Gasteiger partial charge is 0.227 e. The number of carbonyl (C=O) groups is 1. The van der Waals surface area contributed by atoms with Crippen LogP contribution in [0.3, 0.4) is 0 Å². The van der Waals surface area contributed by atoms with Gasteiger partial charge >= 0.3 is 0 Å². The Labute approximate surface area is 190 Å². The molecular weight excluding hydrogens is 404 g/mol. The maximum atomic E-state index is 13.1. The highest BCUT2D eigenvalue weighted by Gasteiger charge is 2.31. The molecule has 0 unspecified atom stereocenters. The van der Waals surface area contributed by atoms with Crippen molar-refractivity contribution in [1.82, 2.24) is 9.80 Å². The number of carbonyl (C=O) groups excluding carboxylic acids is 1. The molecule has 5 heteroatoms. The highest BCUT2D eigenvalue weighted by Crippen LogP contribution is 2.29. The molecule has 31 heavy (non-hydrogen) atoms. The summed E-state index contributed by atoms with van der Waals surface area (Å²) >= 11 is 1.67. The van der Waals surface area contributed by atoms with E-state index in [1.165, 1.54) is 36.8 Å². The number of thiophene rings is 1. The molecule has 2 aliphatic heterocycles. The van der Waals surface area contributed by atoms with Crippen LogP contribution in [0, 0.1) is 5.92 Å². The van der Waals surface area contributed by atoms with Gasteiger partial charge in [-0.25, -0.2) is 0 Å². The zero-order chi connectivity index (χ0) is 21.0. The highest BCUT2D eigenvalue weighted by atomic mass is 32.1. The minimum Gasteiger partial charge on any atom is -0.376 e. The SMILES string of the molecule is O=C(Cc1ccsc1)N(CC1CCN(C2Cc3ccccc3C2)CC1)C[C@@H]1CCCO1. The fourth-order valence-electron chi connectivity index (χ4n) is 5.60. The Bertz CT molecular complexity index is 829. The molecule has 0 radical (unpaired) electrons. The van der Waals surface area contributed by atoms with Gasteiger partial charge in [0.05, 0.1) is 12.5 Å². The predicted octanol–water partition coefficient (Wildman–Crippen LogP) is 4.18. The summed E-state index contributed by atoms with van der Waals surface area (Å²) in [5.74, 6) is 0.871. The Balaban J connectivity index is 1.15. The number of amides is 1. The van der Waals surface area contributed by atoms with Crippen molar-refractivity contribution in [2.45, 2.75) is 57.1 Å². The van der Waals surface area contributed by atoms with E-state index in [1.807, 2.05) is 0 Å². The molecule has 3 heterocycles. The lowest BCUT2D eigenvalue weighted by Gasteiger charge is -2.38. The lowest BCUT2D eigenvalue weighted by molar-refractivity contribution is -0.133. The molecule has 5 rings (SSSR count). The van der Waals surface area contributed by atoms with E-state index in [9.17, 15) is 4.79 Å². The average molecular weight is 439 g/mol. The van der Waals surface area contributed by atoms with Gasteiger partial charge in [0.2, 0.25) is 5.91 Å². The molecule has 0 spiro atoms. The third-order valence-electron chi connectivity index (χ3n) is 7.41. The van der Waals surface area contributed by atoms with Gasteiger partial charge in [0, 0.05) is 25.7 Å². The number of hydrogen-bond acceptors (Lipinski definition) is 4. The van der Waals surface area contributed by atoms with Crippen molar-refractivity contribution in [1.29, 1.82) is 0 Å². The van der Waals surface area contributed by atoms with Crippen LogP contribution in [0.15, 0.2) is 41.1 Å². The predicted molar refractivity (Wildman–Crippen MR) is 126 cm³/mol. The van der Waals surface area contributed by atoms with Crippen LogP contribution in [0.5, 0.6) is 0 Å². The number of fused-ring (bicyclic) bond motifs is 1. The molecule has 3 aliphatic rings. The van der Waals surface area contributed by atoms with E-state index in [1.54, 1.807) is 11.3 Å². The summed E-state index contributed by atoms with van der Waals surface area (Å²) in [6.45, 7) is 4.83. The summed E-state index contributed by atoms with van der Waals surface area (Å²) < 4.78 is 5.87. The molecule has 1 atom stereocenters. The van der Waals surface area contributed by atoms with Gasteiger partial charge in [0.1, 0.15) is 0 Å². The molecule has 0 saturated carbocycles. The second kappa shape index (κ2) is 9.85. The summed E-state index contributed by atoms with van der Waals surface area (Å²) in [6, 6.07) is 11.7. The van der Waals surface area contributed by atoms with Gasteiger partial charge in [-0.1, -0.05) is 24.3 Å². The van der Waals surface area contributed by atoms with Crippen LogP contribution in [-0.4, -0.2) is 60.6 Å². The van der Waals surface area contributed by atoms with Gasteiger partial charge in [-0.2, -0.15) is 11.3 Å². The van der Waals surface area contributed by atoms with Gasteiger partial charge < -0.3 is 9.64 Å². The maximum absolute atomic E-state index is 13.1. The summed E-state index contributed by atoms with van der Waals surface area (Å²) in [5, 5.41) is 4.16. The molecule has 1 aromatic carbocycles. The lowest BCUT2D eigenvalue weighted by Crippen LogP contribution is -2.46. The van der Waals surface area contributed by atoms with Crippen LogP contribution in [0.1, 0.15) is 42.4 Å². The Kier molecular flexibility index (Phi) is 6.72. The van der Waals surface area contributed by atoms with E-state index in [2.05, 4.69) is 50.9 Å². The fourth-order valence-corrected chi connectivity index (χ4v) is 6.27. The fraction of sp³-hybridized carbons (Fsp3) is 0.577. The Morgan fingerprint density at radius 3 is 2.48 bits per heavy atom. The van der Waals surface area contributed by atoms with Gasteiger partial charge in [-0.15, -0.1) is 0 Å². The number of ether oxygens (including phenoxy) is 1. The largest absolute Gasteiger partial charge is 0.376 e. The molecule has 2 fully saturated rings. The Morgan fingerprint density at radius 1 is 1.06 bits per heavy atom. The second-order valence-corrected chi connectivity index (χ2v) is 10.3. The molecule has 0 N–H and O–H groups in total. The third kappa shape index (κ3) is 5.21. The van der Waals surface area contributed by atoms with Crippen molar-refractivity contribution in [2.75, 3.05) is 32.8 Å². The molecule has 2 saturated heterocycles. The van der Waals surface area contributed by atoms with Crippen molar-refractivity contribution in [3.63, 3.8) is 0 Å². The first-order valence-electron chi connectivity index (χ1n) is 12.0. The van der Waals surface area contributed by atoms with Crippen molar-refractivity contribution in [2.24, 2.45) is 5.92 Å². The minimum absolute atomic E-state index is 0.225. The van der Waals surface area contributed by atoms with Crippen LogP contribution < -0.4 is 0 Å². The van der Waals surface area contributed by atoms with Crippen LogP contribution in [0.4, 0.5) is 0 Å². The highest BCUT2D eigenvalue weighted by molar-refractivity contribution is 7.08. The second-order valence-electron chi connectivity index (χ2n) is 9.55. The van der Waals surface area contributed by atoms with Crippen LogP contribution in [-0.2, 0) is 28.8 Å². The zero-order valence-electron chi connectivity index (χ0n) is 18.4. The topological polar surface area (TPSA) is 32.8 Å². The number of benzene rings is 1. The van der Waals surface area contributed by atoms with Crippen molar-refractivity contribution < 1.29 is 9.53 Å². The molecule has 1 amide bonds. The van der Waals surface area contributed by atoms with Gasteiger partial charge in [0.25, 0.3) is 0 Å². The molecule has 0 bridgehead atoms. The first kappa shape index (κ1) is 21.2. The quantitative estimate of drug-likeness (QED) is 0.650. The van der Waals surface area contributed by atoms with Crippen LogP contribution >= 0.6 is 11.3 Å². The molecular formula is C26H34N2O2S. The number of hydrogen-bond donors (Lipinski definition) is 0. The summed E-state index contributed by atoms with van der Waals surface area (Å²) in [4.78, 5) is 18.0. The first-order chi connectivity index (χ1) is 15.2. The van der Waals surface area contributed by atoms with E-state index in [-0.39, 0.29) is 12.0 Å². The van der Waals surface area contributed by atoms with Gasteiger partial charge in [-0.3, -0.25) is 9.69 Å². The summed E-state index contributed by atoms with van der Waals surface area (Å²) in [6.07, 6.45) is 7.75.